The molecule has 0 atom stereocenters. The van der Waals surface area contributed by atoms with Crippen molar-refractivity contribution in [2.45, 2.75) is 19.8 Å². The van der Waals surface area contributed by atoms with Crippen molar-refractivity contribution in [2.24, 2.45) is 0 Å². The van der Waals surface area contributed by atoms with Gasteiger partial charge in [-0.3, -0.25) is 9.59 Å². The molecule has 0 aliphatic carbocycles. The van der Waals surface area contributed by atoms with Crippen LogP contribution >= 0.6 is 11.6 Å². The molecule has 0 bridgehead atoms. The summed E-state index contributed by atoms with van der Waals surface area (Å²) in [6.07, 6.45) is 2.04. The highest BCUT2D eigenvalue weighted by Gasteiger charge is 2.22. The van der Waals surface area contributed by atoms with Crippen LogP contribution in [-0.2, 0) is 4.79 Å². The summed E-state index contributed by atoms with van der Waals surface area (Å²) in [5.41, 5.74) is 2.95. The zero-order valence-corrected chi connectivity index (χ0v) is 15.5. The van der Waals surface area contributed by atoms with Gasteiger partial charge in [-0.05, 0) is 55.7 Å². The van der Waals surface area contributed by atoms with Gasteiger partial charge in [-0.2, -0.15) is 0 Å². The van der Waals surface area contributed by atoms with E-state index in [9.17, 15) is 9.59 Å². The lowest BCUT2D eigenvalue weighted by atomic mass is 10.1. The van der Waals surface area contributed by atoms with Crippen molar-refractivity contribution < 1.29 is 9.59 Å². The Hall–Kier alpha value is -2.53. The summed E-state index contributed by atoms with van der Waals surface area (Å²) in [6, 6.07) is 12.7. The maximum absolute atomic E-state index is 12.7. The number of amides is 2. The third kappa shape index (κ3) is 4.55. The van der Waals surface area contributed by atoms with Crippen molar-refractivity contribution in [3.8, 4) is 0 Å². The maximum atomic E-state index is 12.7. The first-order chi connectivity index (χ1) is 12.5. The largest absolute Gasteiger partial charge is 0.375 e. The minimum absolute atomic E-state index is 0.0495. The van der Waals surface area contributed by atoms with E-state index in [0.717, 1.165) is 37.2 Å². The number of benzene rings is 2. The van der Waals surface area contributed by atoms with Crippen LogP contribution < -0.4 is 10.6 Å². The molecule has 1 fully saturated rings. The van der Waals surface area contributed by atoms with Gasteiger partial charge in [-0.15, -0.1) is 0 Å². The molecule has 3 rings (SSSR count). The lowest BCUT2D eigenvalue weighted by Gasteiger charge is -2.18. The summed E-state index contributed by atoms with van der Waals surface area (Å²) in [5.74, 6) is -0.225. The van der Waals surface area contributed by atoms with E-state index >= 15 is 0 Å². The number of carbonyl (C=O) groups excluding carboxylic acids is 2. The first kappa shape index (κ1) is 18.3. The number of rotatable bonds is 5. The Morgan fingerprint density at radius 1 is 1.12 bits per heavy atom. The average molecular weight is 372 g/mol. The molecule has 2 aromatic carbocycles. The first-order valence-corrected chi connectivity index (χ1v) is 9.10. The topological polar surface area (TPSA) is 61.4 Å². The Morgan fingerprint density at radius 2 is 1.88 bits per heavy atom. The molecule has 0 spiro atoms. The Kier molecular flexibility index (Phi) is 5.78. The van der Waals surface area contributed by atoms with E-state index in [1.54, 1.807) is 18.2 Å². The highest BCUT2D eigenvalue weighted by atomic mass is 35.5. The number of aryl methyl sites for hydroxylation is 1. The zero-order valence-electron chi connectivity index (χ0n) is 14.7. The molecule has 1 saturated heterocycles. The average Bonchev–Trinajstić information content (AvgIpc) is 3.14. The fourth-order valence-electron chi connectivity index (χ4n) is 3.04. The van der Waals surface area contributed by atoms with Crippen molar-refractivity contribution in [1.29, 1.82) is 0 Å². The van der Waals surface area contributed by atoms with Crippen LogP contribution in [0.4, 0.5) is 11.4 Å². The maximum Gasteiger partial charge on any atom is 0.256 e. The number of carbonyl (C=O) groups is 2. The molecule has 2 N–H and O–H groups in total. The Labute approximate surface area is 158 Å². The highest BCUT2D eigenvalue weighted by molar-refractivity contribution is 6.31. The van der Waals surface area contributed by atoms with Gasteiger partial charge in [-0.1, -0.05) is 23.7 Å². The van der Waals surface area contributed by atoms with Crippen LogP contribution in [0.2, 0.25) is 5.02 Å². The molecule has 0 radical (unpaired) electrons. The number of nitrogens with one attached hydrogen (secondary N) is 2. The van der Waals surface area contributed by atoms with Gasteiger partial charge in [0.05, 0.1) is 12.1 Å². The van der Waals surface area contributed by atoms with Gasteiger partial charge < -0.3 is 15.5 Å². The van der Waals surface area contributed by atoms with Gasteiger partial charge in [0.15, 0.2) is 0 Å². The second-order valence-corrected chi connectivity index (χ2v) is 6.90. The van der Waals surface area contributed by atoms with Crippen LogP contribution in [-0.4, -0.2) is 36.3 Å². The van der Waals surface area contributed by atoms with Gasteiger partial charge in [0, 0.05) is 29.5 Å². The molecule has 6 heteroatoms. The number of anilines is 2. The highest BCUT2D eigenvalue weighted by Crippen LogP contribution is 2.24. The number of hydrogen-bond donors (Lipinski definition) is 2. The van der Waals surface area contributed by atoms with Gasteiger partial charge in [0.2, 0.25) is 5.91 Å². The second kappa shape index (κ2) is 8.23. The molecule has 2 amide bonds. The number of hydrogen-bond acceptors (Lipinski definition) is 3. The Morgan fingerprint density at radius 3 is 2.62 bits per heavy atom. The standard InChI is InChI=1S/C20H22ClN3O2/c1-14-5-4-6-16(11-14)23-19(25)13-22-18-8-7-15(21)12-17(18)20(26)24-9-2-3-10-24/h4-8,11-12,22H,2-3,9-10,13H2,1H3,(H,23,25). The summed E-state index contributed by atoms with van der Waals surface area (Å²) in [7, 11) is 0. The second-order valence-electron chi connectivity index (χ2n) is 6.46. The molecular weight excluding hydrogens is 350 g/mol. The SMILES string of the molecule is Cc1cccc(NC(=O)CNc2ccc(Cl)cc2C(=O)N2CCCC2)c1. The van der Waals surface area contributed by atoms with Crippen LogP contribution in [0.25, 0.3) is 0 Å². The summed E-state index contributed by atoms with van der Waals surface area (Å²) in [6.45, 7) is 3.56. The monoisotopic (exact) mass is 371 g/mol. The molecule has 26 heavy (non-hydrogen) atoms. The van der Waals surface area contributed by atoms with Gasteiger partial charge >= 0.3 is 0 Å². The number of likely N-dealkylation sites (tertiary alicyclic amines) is 1. The molecule has 136 valence electrons. The van der Waals surface area contributed by atoms with E-state index < -0.39 is 0 Å². The quantitative estimate of drug-likeness (QED) is 0.837. The van der Waals surface area contributed by atoms with Crippen molar-refractivity contribution >= 4 is 34.8 Å². The van der Waals surface area contributed by atoms with Crippen LogP contribution in [0.1, 0.15) is 28.8 Å². The van der Waals surface area contributed by atoms with Crippen LogP contribution in [0.3, 0.4) is 0 Å². The predicted octanol–water partition coefficient (Wildman–Crippen LogP) is 3.94. The zero-order chi connectivity index (χ0) is 18.5. The molecule has 0 saturated carbocycles. The van der Waals surface area contributed by atoms with E-state index in [1.807, 2.05) is 36.1 Å². The van der Waals surface area contributed by atoms with E-state index in [4.69, 9.17) is 11.6 Å². The predicted molar refractivity (Wildman–Crippen MR) is 105 cm³/mol. The molecular formula is C20H22ClN3O2. The molecule has 1 heterocycles. The first-order valence-electron chi connectivity index (χ1n) is 8.72. The van der Waals surface area contributed by atoms with Gasteiger partial charge in [0.25, 0.3) is 5.91 Å². The van der Waals surface area contributed by atoms with Crippen LogP contribution in [0.15, 0.2) is 42.5 Å². The molecule has 5 nitrogen and oxygen atoms in total. The summed E-state index contributed by atoms with van der Waals surface area (Å²) >= 11 is 6.07. The summed E-state index contributed by atoms with van der Waals surface area (Å²) < 4.78 is 0. The van der Waals surface area contributed by atoms with Crippen molar-refractivity contribution in [3.63, 3.8) is 0 Å². The smallest absolute Gasteiger partial charge is 0.256 e. The van der Waals surface area contributed by atoms with Crippen LogP contribution in [0.5, 0.6) is 0 Å². The van der Waals surface area contributed by atoms with E-state index in [-0.39, 0.29) is 18.4 Å². The normalized spacial score (nSPS) is 13.5. The summed E-state index contributed by atoms with van der Waals surface area (Å²) in [5, 5.41) is 6.41. The van der Waals surface area contributed by atoms with Crippen molar-refractivity contribution in [3.05, 3.63) is 58.6 Å². The fraction of sp³-hybridized carbons (Fsp3) is 0.300. The van der Waals surface area contributed by atoms with Crippen molar-refractivity contribution in [2.75, 3.05) is 30.3 Å². The lowest BCUT2D eigenvalue weighted by molar-refractivity contribution is -0.114. The Bertz CT molecular complexity index is 816. The van der Waals surface area contributed by atoms with E-state index in [1.165, 1.54) is 0 Å². The molecule has 0 unspecified atom stereocenters. The van der Waals surface area contributed by atoms with Gasteiger partial charge in [0.1, 0.15) is 0 Å². The van der Waals surface area contributed by atoms with E-state index in [0.29, 0.717) is 16.3 Å². The third-order valence-corrected chi connectivity index (χ3v) is 4.58. The molecule has 1 aliphatic rings. The fourth-order valence-corrected chi connectivity index (χ4v) is 3.21. The molecule has 2 aromatic rings. The number of halogens is 1. The third-order valence-electron chi connectivity index (χ3n) is 4.35. The van der Waals surface area contributed by atoms with Gasteiger partial charge in [-0.25, -0.2) is 0 Å². The minimum atomic E-state index is -0.176. The van der Waals surface area contributed by atoms with Crippen LogP contribution in [0, 0.1) is 6.92 Å². The lowest BCUT2D eigenvalue weighted by Crippen LogP contribution is -2.29. The summed E-state index contributed by atoms with van der Waals surface area (Å²) in [4.78, 5) is 26.7. The number of nitrogens with zero attached hydrogens (tertiary/aromatic N) is 1. The van der Waals surface area contributed by atoms with E-state index in [2.05, 4.69) is 10.6 Å². The Balaban J connectivity index is 1.67. The minimum Gasteiger partial charge on any atom is -0.375 e. The molecule has 0 aromatic heterocycles. The van der Waals surface area contributed by atoms with Crippen molar-refractivity contribution in [1.82, 2.24) is 4.90 Å². The molecule has 1 aliphatic heterocycles.